The Kier molecular flexibility index (Phi) is 1.41. The van der Waals surface area contributed by atoms with Gasteiger partial charge in [-0.1, -0.05) is 0 Å². The largest absolute Gasteiger partial charge is 0.354 e. The van der Waals surface area contributed by atoms with E-state index in [4.69, 9.17) is 5.26 Å². The van der Waals surface area contributed by atoms with Crippen molar-refractivity contribution in [3.05, 3.63) is 35.2 Å². The Hall–Kier alpha value is -1.79. The van der Waals surface area contributed by atoms with E-state index in [1.165, 1.54) is 4.70 Å². The molecule has 0 amide bonds. The fraction of sp³-hybridized carbons (Fsp3) is 0. The van der Waals surface area contributed by atoms with Crippen LogP contribution in [0.15, 0.2) is 29.6 Å². The molecule has 1 aromatic carbocycles. The second-order valence-corrected chi connectivity index (χ2v) is 4.08. The van der Waals surface area contributed by atoms with Gasteiger partial charge in [0.1, 0.15) is 0 Å². The quantitative estimate of drug-likeness (QED) is 0.591. The zero-order chi connectivity index (χ0) is 9.54. The van der Waals surface area contributed by atoms with Gasteiger partial charge in [-0.25, -0.2) is 0 Å². The molecule has 0 bridgehead atoms. The summed E-state index contributed by atoms with van der Waals surface area (Å²) in [5, 5.41) is 12.0. The van der Waals surface area contributed by atoms with Crippen LogP contribution in [0.5, 0.6) is 0 Å². The van der Waals surface area contributed by atoms with E-state index in [2.05, 4.69) is 22.5 Å². The molecule has 66 valence electrons. The normalized spacial score (nSPS) is 10.8. The van der Waals surface area contributed by atoms with Crippen LogP contribution in [0.2, 0.25) is 0 Å². The van der Waals surface area contributed by atoms with Crippen LogP contribution in [0.3, 0.4) is 0 Å². The maximum absolute atomic E-state index is 8.80. The summed E-state index contributed by atoms with van der Waals surface area (Å²) in [6.45, 7) is 0. The lowest BCUT2D eigenvalue weighted by Gasteiger charge is -1.89. The van der Waals surface area contributed by atoms with Crippen LogP contribution in [-0.2, 0) is 0 Å². The molecule has 0 radical (unpaired) electrons. The number of hydrogen-bond donors (Lipinski definition) is 1. The van der Waals surface area contributed by atoms with Crippen molar-refractivity contribution in [3.8, 4) is 6.07 Å². The number of nitriles is 1. The van der Waals surface area contributed by atoms with Gasteiger partial charge in [0.2, 0.25) is 0 Å². The van der Waals surface area contributed by atoms with Crippen molar-refractivity contribution in [3.63, 3.8) is 0 Å². The van der Waals surface area contributed by atoms with E-state index in [-0.39, 0.29) is 0 Å². The van der Waals surface area contributed by atoms with E-state index in [1.807, 2.05) is 18.2 Å². The number of aromatic nitrogens is 1. The first-order chi connectivity index (χ1) is 6.88. The second-order valence-electron chi connectivity index (χ2n) is 3.16. The first kappa shape index (κ1) is 7.60. The first-order valence-electron chi connectivity index (χ1n) is 4.27. The molecule has 3 aromatic rings. The van der Waals surface area contributed by atoms with E-state index in [0.717, 1.165) is 16.4 Å². The maximum atomic E-state index is 8.80. The van der Waals surface area contributed by atoms with E-state index in [1.54, 1.807) is 11.3 Å². The molecule has 0 aliphatic carbocycles. The summed E-state index contributed by atoms with van der Waals surface area (Å²) in [7, 11) is 0. The number of benzene rings is 1. The van der Waals surface area contributed by atoms with Gasteiger partial charge in [-0.05, 0) is 29.6 Å². The molecule has 14 heavy (non-hydrogen) atoms. The number of H-pyrrole nitrogens is 1. The van der Waals surface area contributed by atoms with Gasteiger partial charge in [-0.15, -0.1) is 11.3 Å². The lowest BCUT2D eigenvalue weighted by atomic mass is 10.2. The monoisotopic (exact) mass is 198 g/mol. The Balaban J connectivity index is 2.54. The van der Waals surface area contributed by atoms with Crippen molar-refractivity contribution in [2.75, 3.05) is 0 Å². The summed E-state index contributed by atoms with van der Waals surface area (Å²) < 4.78 is 1.23. The van der Waals surface area contributed by atoms with Crippen LogP contribution in [0.1, 0.15) is 5.56 Å². The molecule has 3 heteroatoms. The number of aromatic amines is 1. The molecule has 0 fully saturated rings. The molecule has 1 N–H and O–H groups in total. The molecule has 0 aliphatic heterocycles. The van der Waals surface area contributed by atoms with E-state index < -0.39 is 0 Å². The van der Waals surface area contributed by atoms with Crippen LogP contribution in [0.25, 0.3) is 21.1 Å². The fourth-order valence-corrected chi connectivity index (χ4v) is 2.55. The highest BCUT2D eigenvalue weighted by molar-refractivity contribution is 7.18. The predicted molar refractivity (Wildman–Crippen MR) is 58.4 cm³/mol. The highest BCUT2D eigenvalue weighted by atomic mass is 32.1. The molecule has 2 heterocycles. The topological polar surface area (TPSA) is 39.6 Å². The first-order valence-corrected chi connectivity index (χ1v) is 5.15. The summed E-state index contributed by atoms with van der Waals surface area (Å²) in [6.07, 6.45) is 0. The molecular weight excluding hydrogens is 192 g/mol. The average Bonchev–Trinajstić information content (AvgIpc) is 2.76. The van der Waals surface area contributed by atoms with Gasteiger partial charge in [0.25, 0.3) is 0 Å². The number of hydrogen-bond acceptors (Lipinski definition) is 2. The van der Waals surface area contributed by atoms with Crippen molar-refractivity contribution >= 4 is 32.5 Å². The Morgan fingerprint density at radius 2 is 2.14 bits per heavy atom. The highest BCUT2D eigenvalue weighted by Gasteiger charge is 2.05. The van der Waals surface area contributed by atoms with Crippen LogP contribution in [-0.4, -0.2) is 4.98 Å². The van der Waals surface area contributed by atoms with Crippen LogP contribution >= 0.6 is 11.3 Å². The SMILES string of the molecule is N#Cc1ccc2[nH]c3ccsc3c2c1. The third-order valence-corrected chi connectivity index (χ3v) is 3.28. The Bertz CT molecular complexity index is 655. The van der Waals surface area contributed by atoms with Crippen LogP contribution < -0.4 is 0 Å². The molecule has 0 aliphatic rings. The number of fused-ring (bicyclic) bond motifs is 3. The van der Waals surface area contributed by atoms with E-state index in [0.29, 0.717) is 5.56 Å². The van der Waals surface area contributed by atoms with Gasteiger partial charge in [0.15, 0.2) is 0 Å². The molecule has 0 atom stereocenters. The molecule has 0 spiro atoms. The maximum Gasteiger partial charge on any atom is 0.0991 e. The molecule has 3 rings (SSSR count). The zero-order valence-electron chi connectivity index (χ0n) is 7.24. The van der Waals surface area contributed by atoms with E-state index >= 15 is 0 Å². The van der Waals surface area contributed by atoms with Crippen molar-refractivity contribution in [1.29, 1.82) is 5.26 Å². The lowest BCUT2D eigenvalue weighted by molar-refractivity contribution is 1.49. The minimum absolute atomic E-state index is 0.715. The van der Waals surface area contributed by atoms with Gasteiger partial charge in [-0.3, -0.25) is 0 Å². The minimum Gasteiger partial charge on any atom is -0.354 e. The smallest absolute Gasteiger partial charge is 0.0991 e. The Labute approximate surface area is 84.4 Å². The molecule has 2 nitrogen and oxygen atoms in total. The van der Waals surface area contributed by atoms with Crippen molar-refractivity contribution < 1.29 is 0 Å². The Morgan fingerprint density at radius 1 is 1.21 bits per heavy atom. The van der Waals surface area contributed by atoms with E-state index in [9.17, 15) is 0 Å². The summed E-state index contributed by atoms with van der Waals surface area (Å²) in [4.78, 5) is 3.31. The van der Waals surface area contributed by atoms with Crippen molar-refractivity contribution in [2.45, 2.75) is 0 Å². The number of nitrogens with zero attached hydrogens (tertiary/aromatic N) is 1. The van der Waals surface area contributed by atoms with Gasteiger partial charge < -0.3 is 4.98 Å². The minimum atomic E-state index is 0.715. The van der Waals surface area contributed by atoms with Gasteiger partial charge in [0.05, 0.1) is 21.8 Å². The summed E-state index contributed by atoms with van der Waals surface area (Å²) in [5.74, 6) is 0. The molecular formula is C11H6N2S. The highest BCUT2D eigenvalue weighted by Crippen LogP contribution is 2.30. The molecule has 2 aromatic heterocycles. The second kappa shape index (κ2) is 2.60. The fourth-order valence-electron chi connectivity index (χ4n) is 1.67. The summed E-state index contributed by atoms with van der Waals surface area (Å²) >= 11 is 1.70. The van der Waals surface area contributed by atoms with Gasteiger partial charge >= 0.3 is 0 Å². The van der Waals surface area contributed by atoms with Crippen molar-refractivity contribution in [1.82, 2.24) is 4.98 Å². The van der Waals surface area contributed by atoms with Crippen LogP contribution in [0.4, 0.5) is 0 Å². The van der Waals surface area contributed by atoms with Gasteiger partial charge in [0, 0.05) is 10.9 Å². The lowest BCUT2D eigenvalue weighted by Crippen LogP contribution is -1.72. The summed E-state index contributed by atoms with van der Waals surface area (Å²) in [6, 6.07) is 9.95. The predicted octanol–water partition coefficient (Wildman–Crippen LogP) is 3.25. The molecule has 0 saturated carbocycles. The zero-order valence-corrected chi connectivity index (χ0v) is 8.06. The third kappa shape index (κ3) is 0.889. The number of thiophene rings is 1. The third-order valence-electron chi connectivity index (χ3n) is 2.33. The average molecular weight is 198 g/mol. The van der Waals surface area contributed by atoms with Crippen LogP contribution in [0, 0.1) is 11.3 Å². The molecule has 0 unspecified atom stereocenters. The number of nitrogens with one attached hydrogen (secondary N) is 1. The summed E-state index contributed by atoms with van der Waals surface area (Å²) in [5.41, 5.74) is 2.97. The standard InChI is InChI=1S/C11H6N2S/c12-6-7-1-2-9-8(5-7)11-10(13-9)3-4-14-11/h1-5,13H. The Morgan fingerprint density at radius 3 is 3.00 bits per heavy atom. The molecule has 0 saturated heterocycles. The number of rotatable bonds is 0. The van der Waals surface area contributed by atoms with Crippen molar-refractivity contribution in [2.24, 2.45) is 0 Å². The van der Waals surface area contributed by atoms with Gasteiger partial charge in [-0.2, -0.15) is 5.26 Å².